The van der Waals surface area contributed by atoms with Crippen LogP contribution in [0, 0.1) is 17.2 Å². The van der Waals surface area contributed by atoms with Gasteiger partial charge in [-0.3, -0.25) is 4.79 Å². The van der Waals surface area contributed by atoms with Crippen molar-refractivity contribution < 1.29 is 14.7 Å². The highest BCUT2D eigenvalue weighted by atomic mass is 16.4. The minimum Gasteiger partial charge on any atom is -0.480 e. The Morgan fingerprint density at radius 2 is 1.54 bits per heavy atom. The van der Waals surface area contributed by atoms with Gasteiger partial charge >= 0.3 is 5.97 Å². The summed E-state index contributed by atoms with van der Waals surface area (Å²) < 4.78 is 0. The second-order valence-corrected chi connectivity index (χ2v) is 6.49. The number of carboxylic acids is 1. The Balaban J connectivity index is 2.45. The van der Waals surface area contributed by atoms with Gasteiger partial charge in [-0.15, -0.1) is 0 Å². The summed E-state index contributed by atoms with van der Waals surface area (Å²) in [4.78, 5) is 24.9. The zero-order valence-corrected chi connectivity index (χ0v) is 14.8. The van der Waals surface area contributed by atoms with Gasteiger partial charge in [0, 0.05) is 12.3 Å². The molecular formula is C21H22N2O3. The number of amides is 1. The molecule has 0 unspecified atom stereocenters. The van der Waals surface area contributed by atoms with Gasteiger partial charge in [-0.2, -0.15) is 5.26 Å². The van der Waals surface area contributed by atoms with Crippen molar-refractivity contribution in [2.45, 2.75) is 31.7 Å². The standard InChI is InChI=1S/C21H22N2O3/c1-15(13-14-22)18(19(24)25)23-20(26)21(2,16-9-5-3-6-10-16)17-11-7-4-8-12-17/h3-12,15,18H,13H2,1-2H3,(H,23,26)(H,24,25)/t15-,18+/m0/s1. The molecule has 5 heteroatoms. The van der Waals surface area contributed by atoms with Gasteiger partial charge in [0.2, 0.25) is 5.91 Å². The summed E-state index contributed by atoms with van der Waals surface area (Å²) >= 11 is 0. The molecule has 1 amide bonds. The molecule has 5 nitrogen and oxygen atoms in total. The van der Waals surface area contributed by atoms with E-state index in [0.717, 1.165) is 11.1 Å². The lowest BCUT2D eigenvalue weighted by Crippen LogP contribution is -2.52. The molecule has 0 fully saturated rings. The number of nitrogens with zero attached hydrogens (tertiary/aromatic N) is 1. The van der Waals surface area contributed by atoms with E-state index in [9.17, 15) is 14.7 Å². The molecular weight excluding hydrogens is 328 g/mol. The molecule has 2 N–H and O–H groups in total. The summed E-state index contributed by atoms with van der Waals surface area (Å²) in [6, 6.07) is 19.3. The summed E-state index contributed by atoms with van der Waals surface area (Å²) in [5.41, 5.74) is 0.476. The fraction of sp³-hybridized carbons (Fsp3) is 0.286. The predicted octanol–water partition coefficient (Wildman–Crippen LogP) is 3.11. The maximum atomic E-state index is 13.2. The zero-order chi connectivity index (χ0) is 19.2. The Hall–Kier alpha value is -3.13. The van der Waals surface area contributed by atoms with Crippen LogP contribution in [0.4, 0.5) is 0 Å². The van der Waals surface area contributed by atoms with Gasteiger partial charge < -0.3 is 10.4 Å². The second-order valence-electron chi connectivity index (χ2n) is 6.49. The molecule has 2 aromatic rings. The fourth-order valence-electron chi connectivity index (χ4n) is 2.97. The lowest BCUT2D eigenvalue weighted by Gasteiger charge is -2.32. The molecule has 2 aromatic carbocycles. The van der Waals surface area contributed by atoms with E-state index in [1.807, 2.05) is 66.7 Å². The Kier molecular flexibility index (Phi) is 6.13. The molecule has 134 valence electrons. The van der Waals surface area contributed by atoms with E-state index in [-0.39, 0.29) is 6.42 Å². The number of hydrogen-bond acceptors (Lipinski definition) is 3. The van der Waals surface area contributed by atoms with Gasteiger partial charge in [0.25, 0.3) is 0 Å². The maximum absolute atomic E-state index is 13.2. The van der Waals surface area contributed by atoms with E-state index < -0.39 is 29.3 Å². The number of rotatable bonds is 7. The van der Waals surface area contributed by atoms with Crippen LogP contribution in [0.25, 0.3) is 0 Å². The van der Waals surface area contributed by atoms with Gasteiger partial charge in [0.1, 0.15) is 6.04 Å². The Morgan fingerprint density at radius 1 is 1.08 bits per heavy atom. The molecule has 0 bridgehead atoms. The smallest absolute Gasteiger partial charge is 0.326 e. The minimum atomic E-state index is -1.15. The number of nitrogens with one attached hydrogen (secondary N) is 1. The average Bonchev–Trinajstić information content (AvgIpc) is 2.66. The third kappa shape index (κ3) is 3.92. The molecule has 0 spiro atoms. The van der Waals surface area contributed by atoms with E-state index in [0.29, 0.717) is 0 Å². The van der Waals surface area contributed by atoms with Crippen molar-refractivity contribution in [1.82, 2.24) is 5.32 Å². The number of nitriles is 1. The third-order valence-corrected chi connectivity index (χ3v) is 4.69. The second kappa shape index (κ2) is 8.30. The average molecular weight is 350 g/mol. The summed E-state index contributed by atoms with van der Waals surface area (Å²) in [5, 5.41) is 21.0. The van der Waals surface area contributed by atoms with Gasteiger partial charge in [0.05, 0.1) is 11.5 Å². The number of hydrogen-bond donors (Lipinski definition) is 2. The molecule has 0 saturated carbocycles. The molecule has 0 aliphatic rings. The first-order valence-corrected chi connectivity index (χ1v) is 8.43. The highest BCUT2D eigenvalue weighted by Crippen LogP contribution is 2.32. The lowest BCUT2D eigenvalue weighted by atomic mass is 9.75. The van der Waals surface area contributed by atoms with Crippen LogP contribution in [-0.2, 0) is 15.0 Å². The SMILES string of the molecule is C[C@@H](CC#N)[C@@H](NC(=O)C(C)(c1ccccc1)c1ccccc1)C(=O)O. The van der Waals surface area contributed by atoms with Gasteiger partial charge in [0.15, 0.2) is 0 Å². The molecule has 0 aliphatic heterocycles. The van der Waals surface area contributed by atoms with Gasteiger partial charge in [-0.25, -0.2) is 4.79 Å². The summed E-state index contributed by atoms with van der Waals surface area (Å²) in [7, 11) is 0. The molecule has 2 rings (SSSR count). The predicted molar refractivity (Wildman–Crippen MR) is 98.3 cm³/mol. The van der Waals surface area contributed by atoms with Crippen LogP contribution in [0.2, 0.25) is 0 Å². The summed E-state index contributed by atoms with van der Waals surface area (Å²) in [6.45, 7) is 3.42. The minimum absolute atomic E-state index is 0.0463. The first-order chi connectivity index (χ1) is 12.4. The lowest BCUT2D eigenvalue weighted by molar-refractivity contribution is -0.143. The van der Waals surface area contributed by atoms with Crippen molar-refractivity contribution in [3.63, 3.8) is 0 Å². The van der Waals surface area contributed by atoms with Crippen molar-refractivity contribution in [2.24, 2.45) is 5.92 Å². The maximum Gasteiger partial charge on any atom is 0.326 e. The van der Waals surface area contributed by atoms with E-state index in [1.165, 1.54) is 0 Å². The fourth-order valence-corrected chi connectivity index (χ4v) is 2.97. The van der Waals surface area contributed by atoms with Crippen molar-refractivity contribution >= 4 is 11.9 Å². The first-order valence-electron chi connectivity index (χ1n) is 8.43. The largest absolute Gasteiger partial charge is 0.480 e. The molecule has 0 saturated heterocycles. The number of benzene rings is 2. The topological polar surface area (TPSA) is 90.2 Å². The monoisotopic (exact) mass is 350 g/mol. The Bertz CT molecular complexity index is 758. The summed E-state index contributed by atoms with van der Waals surface area (Å²) in [6.07, 6.45) is 0.0463. The molecule has 2 atom stereocenters. The molecule has 0 heterocycles. The van der Waals surface area contributed by atoms with Crippen LogP contribution in [0.3, 0.4) is 0 Å². The molecule has 0 radical (unpaired) electrons. The first kappa shape index (κ1) is 19.2. The van der Waals surface area contributed by atoms with E-state index >= 15 is 0 Å². The van der Waals surface area contributed by atoms with Crippen LogP contribution in [0.5, 0.6) is 0 Å². The van der Waals surface area contributed by atoms with E-state index in [4.69, 9.17) is 5.26 Å². The Morgan fingerprint density at radius 3 is 1.92 bits per heavy atom. The third-order valence-electron chi connectivity index (χ3n) is 4.69. The van der Waals surface area contributed by atoms with E-state index in [1.54, 1.807) is 13.8 Å². The van der Waals surface area contributed by atoms with Crippen LogP contribution >= 0.6 is 0 Å². The molecule has 0 aromatic heterocycles. The number of carboxylic acid groups (broad SMARTS) is 1. The van der Waals surface area contributed by atoms with Gasteiger partial charge in [-0.05, 0) is 18.1 Å². The van der Waals surface area contributed by atoms with Crippen LogP contribution in [-0.4, -0.2) is 23.0 Å². The van der Waals surface area contributed by atoms with Crippen LogP contribution < -0.4 is 5.32 Å². The highest BCUT2D eigenvalue weighted by molar-refractivity contribution is 5.94. The summed E-state index contributed by atoms with van der Waals surface area (Å²) in [5.74, 6) is -2.06. The van der Waals surface area contributed by atoms with Crippen LogP contribution in [0.1, 0.15) is 31.4 Å². The quantitative estimate of drug-likeness (QED) is 0.803. The molecule has 26 heavy (non-hydrogen) atoms. The normalized spacial score (nSPS) is 13.3. The highest BCUT2D eigenvalue weighted by Gasteiger charge is 2.39. The van der Waals surface area contributed by atoms with Gasteiger partial charge in [-0.1, -0.05) is 67.6 Å². The Labute approximate surface area is 153 Å². The van der Waals surface area contributed by atoms with Crippen molar-refractivity contribution in [2.75, 3.05) is 0 Å². The van der Waals surface area contributed by atoms with Crippen molar-refractivity contribution in [1.29, 1.82) is 5.26 Å². The van der Waals surface area contributed by atoms with Crippen molar-refractivity contribution in [3.8, 4) is 6.07 Å². The number of aliphatic carboxylic acids is 1. The number of carbonyl (C=O) groups is 2. The van der Waals surface area contributed by atoms with Crippen LogP contribution in [0.15, 0.2) is 60.7 Å². The van der Waals surface area contributed by atoms with Crippen molar-refractivity contribution in [3.05, 3.63) is 71.8 Å². The zero-order valence-electron chi connectivity index (χ0n) is 14.8. The number of carbonyl (C=O) groups excluding carboxylic acids is 1. The molecule has 0 aliphatic carbocycles. The van der Waals surface area contributed by atoms with E-state index in [2.05, 4.69) is 5.32 Å².